The van der Waals surface area contributed by atoms with E-state index in [-0.39, 0.29) is 11.9 Å². The lowest BCUT2D eigenvalue weighted by Gasteiger charge is -2.36. The number of hydrogen-bond acceptors (Lipinski definition) is 6. The third-order valence-corrected chi connectivity index (χ3v) is 4.90. The molecular weight excluding hydrogens is 332 g/mol. The fourth-order valence-electron chi connectivity index (χ4n) is 2.93. The van der Waals surface area contributed by atoms with E-state index in [4.69, 9.17) is 4.52 Å². The Labute approximate surface area is 143 Å². The molecule has 1 fully saturated rings. The van der Waals surface area contributed by atoms with E-state index in [1.807, 2.05) is 11.8 Å². The normalized spacial score (nSPS) is 18.8. The molecule has 0 bridgehead atoms. The molecule has 0 aliphatic carbocycles. The van der Waals surface area contributed by atoms with Crippen LogP contribution in [0.15, 0.2) is 4.52 Å². The van der Waals surface area contributed by atoms with E-state index in [2.05, 4.69) is 14.9 Å². The third-order valence-electron chi connectivity index (χ3n) is 4.17. The number of nitrogens with zero attached hydrogens (tertiary/aromatic N) is 3. The van der Waals surface area contributed by atoms with Crippen LogP contribution in [0.25, 0.3) is 0 Å². The Morgan fingerprint density at radius 3 is 2.88 bits per heavy atom. The number of aromatic nitrogens is 2. The highest BCUT2D eigenvalue weighted by atomic mass is 32.2. The van der Waals surface area contributed by atoms with Crippen molar-refractivity contribution in [3.63, 3.8) is 0 Å². The lowest BCUT2D eigenvalue weighted by Crippen LogP contribution is -2.45. The van der Waals surface area contributed by atoms with E-state index in [0.29, 0.717) is 43.9 Å². The Balaban J connectivity index is 1.85. The van der Waals surface area contributed by atoms with Crippen LogP contribution in [0.2, 0.25) is 0 Å². The molecular formula is C15H26N4O4S. The average molecular weight is 358 g/mol. The molecule has 1 aliphatic rings. The van der Waals surface area contributed by atoms with Crippen molar-refractivity contribution in [2.45, 2.75) is 57.9 Å². The predicted molar refractivity (Wildman–Crippen MR) is 88.8 cm³/mol. The molecule has 8 nitrogen and oxygen atoms in total. The molecule has 1 aromatic heterocycles. The summed E-state index contributed by atoms with van der Waals surface area (Å²) in [5.74, 6) is 1.21. The summed E-state index contributed by atoms with van der Waals surface area (Å²) in [6, 6.07) is 0.0920. The summed E-state index contributed by atoms with van der Waals surface area (Å²) >= 11 is 0. The first-order valence-corrected chi connectivity index (χ1v) is 10.3. The second kappa shape index (κ2) is 8.57. The largest absolute Gasteiger partial charge is 0.340 e. The van der Waals surface area contributed by atoms with Crippen LogP contribution in [0.1, 0.15) is 50.7 Å². The maximum atomic E-state index is 12.5. The highest BCUT2D eigenvalue weighted by molar-refractivity contribution is 7.88. The van der Waals surface area contributed by atoms with E-state index >= 15 is 0 Å². The smallest absolute Gasteiger partial charge is 0.227 e. The van der Waals surface area contributed by atoms with Gasteiger partial charge in [-0.15, -0.1) is 0 Å². The molecule has 1 aromatic rings. The zero-order chi connectivity index (χ0) is 17.6. The first-order chi connectivity index (χ1) is 11.4. The Hall–Kier alpha value is -1.48. The highest BCUT2D eigenvalue weighted by Gasteiger charge is 2.26. The van der Waals surface area contributed by atoms with Crippen molar-refractivity contribution in [2.24, 2.45) is 0 Å². The van der Waals surface area contributed by atoms with Gasteiger partial charge in [-0.2, -0.15) is 4.98 Å². The molecule has 24 heavy (non-hydrogen) atoms. The highest BCUT2D eigenvalue weighted by Crippen LogP contribution is 2.21. The molecule has 0 radical (unpaired) electrons. The van der Waals surface area contributed by atoms with Crippen LogP contribution in [-0.4, -0.2) is 54.8 Å². The third kappa shape index (κ3) is 5.86. The Morgan fingerprint density at radius 1 is 1.42 bits per heavy atom. The fraction of sp³-hybridized carbons (Fsp3) is 0.800. The standard InChI is InChI=1S/C15H26N4O4S/c1-3-13-17-14(23-18-13)7-8-15(20)19-11-5-4-6-12(19)9-10-16-24(2,21)22/h12,16H,3-11H2,1-2H3/t12-/m0/s1. The maximum Gasteiger partial charge on any atom is 0.227 e. The molecule has 2 rings (SSSR count). The molecule has 2 heterocycles. The molecule has 0 aromatic carbocycles. The molecule has 0 unspecified atom stereocenters. The van der Waals surface area contributed by atoms with Gasteiger partial charge in [0.25, 0.3) is 0 Å². The zero-order valence-corrected chi connectivity index (χ0v) is 15.1. The lowest BCUT2D eigenvalue weighted by atomic mass is 9.98. The summed E-state index contributed by atoms with van der Waals surface area (Å²) in [6.07, 6.45) is 6.24. The molecule has 1 amide bonds. The SMILES string of the molecule is CCc1noc(CCC(=O)N2CCCC[C@H]2CCNS(C)(=O)=O)n1. The van der Waals surface area contributed by atoms with Crippen molar-refractivity contribution in [3.05, 3.63) is 11.7 Å². The second-order valence-corrected chi connectivity index (χ2v) is 7.98. The second-order valence-electron chi connectivity index (χ2n) is 6.15. The minimum atomic E-state index is -3.19. The summed E-state index contributed by atoms with van der Waals surface area (Å²) in [5.41, 5.74) is 0. The summed E-state index contributed by atoms with van der Waals surface area (Å²) in [6.45, 7) is 3.03. The van der Waals surface area contributed by atoms with Crippen molar-refractivity contribution in [3.8, 4) is 0 Å². The number of likely N-dealkylation sites (tertiary alicyclic amines) is 1. The number of carbonyl (C=O) groups is 1. The number of hydrogen-bond donors (Lipinski definition) is 1. The van der Waals surface area contributed by atoms with Crippen molar-refractivity contribution < 1.29 is 17.7 Å². The van der Waals surface area contributed by atoms with Crippen molar-refractivity contribution in [1.82, 2.24) is 19.8 Å². The van der Waals surface area contributed by atoms with E-state index < -0.39 is 10.0 Å². The quantitative estimate of drug-likeness (QED) is 0.740. The van der Waals surface area contributed by atoms with Gasteiger partial charge in [-0.1, -0.05) is 12.1 Å². The van der Waals surface area contributed by atoms with E-state index in [1.165, 1.54) is 0 Å². The fourth-order valence-corrected chi connectivity index (χ4v) is 3.42. The van der Waals surface area contributed by atoms with Crippen LogP contribution >= 0.6 is 0 Å². The molecule has 1 N–H and O–H groups in total. The summed E-state index contributed by atoms with van der Waals surface area (Å²) in [4.78, 5) is 18.6. The Morgan fingerprint density at radius 2 is 2.21 bits per heavy atom. The van der Waals surface area contributed by atoms with Crippen molar-refractivity contribution in [2.75, 3.05) is 19.3 Å². The molecule has 0 spiro atoms. The topological polar surface area (TPSA) is 105 Å². The molecule has 0 saturated carbocycles. The van der Waals surface area contributed by atoms with Gasteiger partial charge < -0.3 is 9.42 Å². The van der Waals surface area contributed by atoms with E-state index in [1.54, 1.807) is 0 Å². The van der Waals surface area contributed by atoms with E-state index in [0.717, 1.165) is 32.1 Å². The number of amides is 1. The van der Waals surface area contributed by atoms with Crippen LogP contribution in [0.4, 0.5) is 0 Å². The average Bonchev–Trinajstić information content (AvgIpc) is 3.00. The number of rotatable bonds is 8. The number of sulfonamides is 1. The van der Waals surface area contributed by atoms with Gasteiger partial charge in [0.1, 0.15) is 0 Å². The Kier molecular flexibility index (Phi) is 6.73. The van der Waals surface area contributed by atoms with Crippen LogP contribution < -0.4 is 4.72 Å². The van der Waals surface area contributed by atoms with Crippen LogP contribution in [-0.2, 0) is 27.7 Å². The van der Waals surface area contributed by atoms with Crippen LogP contribution in [0, 0.1) is 0 Å². The summed E-state index contributed by atoms with van der Waals surface area (Å²) in [7, 11) is -3.19. The van der Waals surface area contributed by atoms with Gasteiger partial charge in [0, 0.05) is 38.4 Å². The predicted octanol–water partition coefficient (Wildman–Crippen LogP) is 0.885. The molecule has 9 heteroatoms. The van der Waals surface area contributed by atoms with Gasteiger partial charge in [0.2, 0.25) is 21.8 Å². The Bertz CT molecular complexity index is 644. The van der Waals surface area contributed by atoms with Crippen molar-refractivity contribution in [1.29, 1.82) is 0 Å². The van der Waals surface area contributed by atoms with Gasteiger partial charge in [0.05, 0.1) is 6.26 Å². The van der Waals surface area contributed by atoms with Gasteiger partial charge in [-0.05, 0) is 25.7 Å². The number of piperidine rings is 1. The van der Waals surface area contributed by atoms with Gasteiger partial charge >= 0.3 is 0 Å². The molecule has 1 saturated heterocycles. The number of carbonyl (C=O) groups excluding carboxylic acids is 1. The number of aryl methyl sites for hydroxylation is 2. The van der Waals surface area contributed by atoms with Crippen LogP contribution in [0.3, 0.4) is 0 Å². The molecule has 136 valence electrons. The molecule has 1 atom stereocenters. The maximum absolute atomic E-state index is 12.5. The molecule has 1 aliphatic heterocycles. The first-order valence-electron chi connectivity index (χ1n) is 8.44. The van der Waals surface area contributed by atoms with Gasteiger partial charge in [0.15, 0.2) is 5.82 Å². The summed E-state index contributed by atoms with van der Waals surface area (Å²) in [5, 5.41) is 3.83. The summed E-state index contributed by atoms with van der Waals surface area (Å²) < 4.78 is 29.9. The van der Waals surface area contributed by atoms with Crippen molar-refractivity contribution >= 4 is 15.9 Å². The van der Waals surface area contributed by atoms with Gasteiger partial charge in [-0.3, -0.25) is 4.79 Å². The first kappa shape index (κ1) is 18.9. The van der Waals surface area contributed by atoms with E-state index in [9.17, 15) is 13.2 Å². The lowest BCUT2D eigenvalue weighted by molar-refractivity contribution is -0.135. The zero-order valence-electron chi connectivity index (χ0n) is 14.3. The monoisotopic (exact) mass is 358 g/mol. The number of nitrogens with one attached hydrogen (secondary N) is 1. The van der Waals surface area contributed by atoms with Gasteiger partial charge in [-0.25, -0.2) is 13.1 Å². The minimum absolute atomic E-state index is 0.0651. The minimum Gasteiger partial charge on any atom is -0.340 e. The van der Waals surface area contributed by atoms with Crippen LogP contribution in [0.5, 0.6) is 0 Å².